The molecular weight excluding hydrogens is 300 g/mol. The van der Waals surface area contributed by atoms with Gasteiger partial charge in [-0.05, 0) is 50.5 Å². The Bertz CT molecular complexity index is 686. The van der Waals surface area contributed by atoms with E-state index in [0.29, 0.717) is 18.1 Å². The third-order valence-electron chi connectivity index (χ3n) is 3.60. The zero-order chi connectivity index (χ0) is 16.1. The third-order valence-corrected chi connectivity index (χ3v) is 3.87. The number of halogens is 1. The van der Waals surface area contributed by atoms with E-state index in [0.717, 1.165) is 40.7 Å². The van der Waals surface area contributed by atoms with Gasteiger partial charge < -0.3 is 10.1 Å². The molecule has 0 radical (unpaired) electrons. The molecule has 1 aromatic carbocycles. The van der Waals surface area contributed by atoms with Crippen molar-refractivity contribution >= 4 is 34.2 Å². The predicted molar refractivity (Wildman–Crippen MR) is 91.0 cm³/mol. The van der Waals surface area contributed by atoms with Crippen molar-refractivity contribution < 1.29 is 9.53 Å². The lowest BCUT2D eigenvalue weighted by Gasteiger charge is -2.13. The lowest BCUT2D eigenvalue weighted by Crippen LogP contribution is -2.08. The highest BCUT2D eigenvalue weighted by molar-refractivity contribution is 6.17. The Morgan fingerprint density at radius 3 is 2.82 bits per heavy atom. The average molecular weight is 321 g/mol. The molecule has 0 spiro atoms. The molecule has 0 fully saturated rings. The van der Waals surface area contributed by atoms with Crippen LogP contribution < -0.4 is 5.32 Å². The Hall–Kier alpha value is -1.81. The number of hydrogen-bond acceptors (Lipinski definition) is 4. The van der Waals surface area contributed by atoms with Gasteiger partial charge in [0, 0.05) is 29.7 Å². The van der Waals surface area contributed by atoms with Gasteiger partial charge in [0.2, 0.25) is 0 Å². The number of alkyl halides is 1. The first-order valence-corrected chi connectivity index (χ1v) is 7.98. The van der Waals surface area contributed by atoms with Gasteiger partial charge in [-0.15, -0.1) is 11.6 Å². The summed E-state index contributed by atoms with van der Waals surface area (Å²) in [5.41, 5.74) is 4.46. The van der Waals surface area contributed by atoms with E-state index in [1.807, 2.05) is 19.9 Å². The van der Waals surface area contributed by atoms with Crippen LogP contribution in [0.5, 0.6) is 0 Å². The van der Waals surface area contributed by atoms with Crippen LogP contribution in [0.1, 0.15) is 34.8 Å². The normalized spacial score (nSPS) is 10.7. The summed E-state index contributed by atoms with van der Waals surface area (Å²) in [5.74, 6) is 0.316. The molecule has 118 valence electrons. The van der Waals surface area contributed by atoms with Gasteiger partial charge >= 0.3 is 5.97 Å². The highest BCUT2D eigenvalue weighted by Gasteiger charge is 2.14. The molecule has 0 aliphatic rings. The van der Waals surface area contributed by atoms with Gasteiger partial charge in [0.1, 0.15) is 0 Å². The highest BCUT2D eigenvalue weighted by atomic mass is 35.5. The van der Waals surface area contributed by atoms with E-state index in [-0.39, 0.29) is 5.97 Å². The first kappa shape index (κ1) is 16.6. The van der Waals surface area contributed by atoms with E-state index in [2.05, 4.69) is 16.4 Å². The van der Waals surface area contributed by atoms with E-state index < -0.39 is 0 Å². The van der Waals surface area contributed by atoms with Gasteiger partial charge in [0.25, 0.3) is 0 Å². The van der Waals surface area contributed by atoms with E-state index in [4.69, 9.17) is 16.3 Å². The van der Waals surface area contributed by atoms with Gasteiger partial charge in [-0.3, -0.25) is 4.98 Å². The maximum absolute atomic E-state index is 11.9. The maximum Gasteiger partial charge on any atom is 0.339 e. The first-order valence-electron chi connectivity index (χ1n) is 7.45. The smallest absolute Gasteiger partial charge is 0.339 e. The number of aromatic nitrogens is 1. The van der Waals surface area contributed by atoms with Crippen molar-refractivity contribution in [1.82, 2.24) is 4.98 Å². The van der Waals surface area contributed by atoms with Gasteiger partial charge in [-0.25, -0.2) is 4.79 Å². The molecule has 1 N–H and O–H groups in total. The zero-order valence-electron chi connectivity index (χ0n) is 13.2. The number of fused-ring (bicyclic) bond motifs is 1. The number of nitrogens with zero attached hydrogens (tertiary/aromatic N) is 1. The number of carbonyl (C=O) groups is 1. The first-order chi connectivity index (χ1) is 10.6. The summed E-state index contributed by atoms with van der Waals surface area (Å²) in [6.45, 7) is 6.95. The van der Waals surface area contributed by atoms with Crippen molar-refractivity contribution in [2.75, 3.05) is 24.3 Å². The number of esters is 1. The Labute approximate surface area is 135 Å². The Balaban J connectivity index is 2.40. The van der Waals surface area contributed by atoms with Gasteiger partial charge in [0.05, 0.1) is 17.7 Å². The summed E-state index contributed by atoms with van der Waals surface area (Å²) in [6.07, 6.45) is 2.50. The summed E-state index contributed by atoms with van der Waals surface area (Å²) in [7, 11) is 0. The lowest BCUT2D eigenvalue weighted by atomic mass is 10.0. The molecular formula is C17H21ClN2O2. The molecule has 2 rings (SSSR count). The molecule has 0 bridgehead atoms. The minimum atomic E-state index is -0.323. The summed E-state index contributed by atoms with van der Waals surface area (Å²) < 4.78 is 5.07. The molecule has 1 heterocycles. The summed E-state index contributed by atoms with van der Waals surface area (Å²) >= 11 is 5.70. The second-order valence-corrected chi connectivity index (χ2v) is 5.55. The molecule has 0 aliphatic carbocycles. The number of nitrogens with one attached hydrogen (secondary N) is 1. The van der Waals surface area contributed by atoms with Crippen LogP contribution in [0.15, 0.2) is 18.3 Å². The molecule has 2 aromatic rings. The van der Waals surface area contributed by atoms with Crippen LogP contribution in [0.25, 0.3) is 10.9 Å². The average Bonchev–Trinajstić information content (AvgIpc) is 2.49. The standard InChI is InChI=1S/C17H21ClN2O2/c1-4-22-17(21)14-10-20-16-9-15(19-7-5-6-18)11(2)8-13(16)12(14)3/h8-10,19H,4-7H2,1-3H3. The van der Waals surface area contributed by atoms with E-state index in [9.17, 15) is 4.79 Å². The maximum atomic E-state index is 11.9. The Morgan fingerprint density at radius 1 is 1.36 bits per heavy atom. The molecule has 22 heavy (non-hydrogen) atoms. The number of carbonyl (C=O) groups excluding carboxylic acids is 1. The molecule has 1 aromatic heterocycles. The topological polar surface area (TPSA) is 51.2 Å². The van der Waals surface area contributed by atoms with Crippen LogP contribution in [0, 0.1) is 13.8 Å². The number of benzene rings is 1. The number of pyridine rings is 1. The van der Waals surface area contributed by atoms with E-state index in [1.54, 1.807) is 13.1 Å². The summed E-state index contributed by atoms with van der Waals surface area (Å²) in [5, 5.41) is 4.34. The molecule has 0 unspecified atom stereocenters. The highest BCUT2D eigenvalue weighted by Crippen LogP contribution is 2.26. The minimum Gasteiger partial charge on any atom is -0.462 e. The van der Waals surface area contributed by atoms with Crippen molar-refractivity contribution in [1.29, 1.82) is 0 Å². The number of ether oxygens (including phenoxy) is 1. The Morgan fingerprint density at radius 2 is 2.14 bits per heavy atom. The zero-order valence-corrected chi connectivity index (χ0v) is 14.0. The molecule has 5 heteroatoms. The molecule has 0 atom stereocenters. The summed E-state index contributed by atoms with van der Waals surface area (Å²) in [6, 6.07) is 4.07. The number of rotatable bonds is 6. The van der Waals surface area contributed by atoms with Crippen LogP contribution in [0.3, 0.4) is 0 Å². The van der Waals surface area contributed by atoms with Crippen LogP contribution in [0.2, 0.25) is 0 Å². The molecule has 0 saturated heterocycles. The second-order valence-electron chi connectivity index (χ2n) is 5.17. The molecule has 0 saturated carbocycles. The second kappa shape index (κ2) is 7.45. The lowest BCUT2D eigenvalue weighted by molar-refractivity contribution is 0.0525. The fourth-order valence-corrected chi connectivity index (χ4v) is 2.51. The van der Waals surface area contributed by atoms with Gasteiger partial charge in [-0.1, -0.05) is 0 Å². The van der Waals surface area contributed by atoms with Crippen molar-refractivity contribution in [3.8, 4) is 0 Å². The van der Waals surface area contributed by atoms with Crippen molar-refractivity contribution in [3.63, 3.8) is 0 Å². The van der Waals surface area contributed by atoms with Crippen LogP contribution in [0.4, 0.5) is 5.69 Å². The van der Waals surface area contributed by atoms with Crippen LogP contribution in [-0.4, -0.2) is 30.0 Å². The van der Waals surface area contributed by atoms with Crippen LogP contribution in [-0.2, 0) is 4.74 Å². The number of aryl methyl sites for hydroxylation is 2. The largest absolute Gasteiger partial charge is 0.462 e. The van der Waals surface area contributed by atoms with Crippen molar-refractivity contribution in [2.24, 2.45) is 0 Å². The van der Waals surface area contributed by atoms with E-state index in [1.165, 1.54) is 0 Å². The molecule has 0 aliphatic heterocycles. The monoisotopic (exact) mass is 320 g/mol. The molecule has 0 amide bonds. The van der Waals surface area contributed by atoms with Crippen molar-refractivity contribution in [2.45, 2.75) is 27.2 Å². The quantitative estimate of drug-likeness (QED) is 0.495. The third kappa shape index (κ3) is 3.50. The number of hydrogen-bond donors (Lipinski definition) is 1. The van der Waals surface area contributed by atoms with Gasteiger partial charge in [0.15, 0.2) is 0 Å². The van der Waals surface area contributed by atoms with E-state index >= 15 is 0 Å². The summed E-state index contributed by atoms with van der Waals surface area (Å²) in [4.78, 5) is 16.4. The SMILES string of the molecule is CCOC(=O)c1cnc2cc(NCCCCl)c(C)cc2c1C. The van der Waals surface area contributed by atoms with Crippen LogP contribution >= 0.6 is 11.6 Å². The Kier molecular flexibility index (Phi) is 5.61. The predicted octanol–water partition coefficient (Wildman–Crippen LogP) is 4.07. The molecule has 4 nitrogen and oxygen atoms in total. The minimum absolute atomic E-state index is 0.323. The fourth-order valence-electron chi connectivity index (χ4n) is 2.37. The number of anilines is 1. The van der Waals surface area contributed by atoms with Crippen molar-refractivity contribution in [3.05, 3.63) is 35.0 Å². The van der Waals surface area contributed by atoms with Gasteiger partial charge in [-0.2, -0.15) is 0 Å². The fraction of sp³-hybridized carbons (Fsp3) is 0.412.